The predicted molar refractivity (Wildman–Crippen MR) is 98.7 cm³/mol. The maximum Gasteiger partial charge on any atom is 0.386 e. The summed E-state index contributed by atoms with van der Waals surface area (Å²) in [5, 5.41) is 25.3. The molecule has 10 nitrogen and oxygen atoms in total. The van der Waals surface area contributed by atoms with Crippen LogP contribution in [0.5, 0.6) is 17.5 Å². The standard InChI is InChI=1S/C18H14ClN3O7/c1-18(15(23)24,16(25)27-2)29-12-6-4-11(5-7-12)28-17-20-13-8-3-10(19)9-14(13)22(26)21-17/h3-9H,1-2H3,(H,23,24). The maximum atomic E-state index is 12.0. The summed E-state index contributed by atoms with van der Waals surface area (Å²) in [4.78, 5) is 27.6. The maximum absolute atomic E-state index is 12.0. The molecule has 11 heteroatoms. The first kappa shape index (κ1) is 20.1. The summed E-state index contributed by atoms with van der Waals surface area (Å²) in [5.41, 5.74) is -1.69. The number of benzene rings is 2. The number of aliphatic carboxylic acids is 1. The van der Waals surface area contributed by atoms with Gasteiger partial charge in [0.05, 0.1) is 12.2 Å². The molecule has 0 aliphatic carbocycles. The molecule has 0 spiro atoms. The minimum absolute atomic E-state index is 0.0839. The molecule has 3 aromatic rings. The van der Waals surface area contributed by atoms with Gasteiger partial charge < -0.3 is 24.5 Å². The van der Waals surface area contributed by atoms with Crippen LogP contribution in [0, 0.1) is 5.21 Å². The summed E-state index contributed by atoms with van der Waals surface area (Å²) in [6, 6.07) is 9.98. The smallest absolute Gasteiger partial charge is 0.386 e. The van der Waals surface area contributed by atoms with Crippen LogP contribution in [0.3, 0.4) is 0 Å². The monoisotopic (exact) mass is 419 g/mol. The molecule has 1 aromatic heterocycles. The van der Waals surface area contributed by atoms with Crippen molar-refractivity contribution < 1.29 is 33.8 Å². The van der Waals surface area contributed by atoms with Gasteiger partial charge in [-0.2, -0.15) is 4.98 Å². The van der Waals surface area contributed by atoms with E-state index in [0.29, 0.717) is 15.4 Å². The summed E-state index contributed by atoms with van der Waals surface area (Å²) >= 11 is 5.85. The second-order valence-corrected chi connectivity index (χ2v) is 6.34. The Morgan fingerprint density at radius 3 is 2.45 bits per heavy atom. The molecule has 0 aliphatic rings. The van der Waals surface area contributed by atoms with E-state index in [1.165, 1.54) is 30.3 Å². The number of hydrogen-bond acceptors (Lipinski definition) is 8. The molecule has 1 unspecified atom stereocenters. The average molecular weight is 420 g/mol. The molecular formula is C18H14ClN3O7. The van der Waals surface area contributed by atoms with Crippen molar-refractivity contribution in [3.8, 4) is 17.5 Å². The average Bonchev–Trinajstić information content (AvgIpc) is 2.69. The van der Waals surface area contributed by atoms with Gasteiger partial charge in [-0.25, -0.2) is 9.59 Å². The Kier molecular flexibility index (Phi) is 5.37. The molecule has 0 radical (unpaired) electrons. The third-order valence-corrected chi connectivity index (χ3v) is 4.11. The Balaban J connectivity index is 1.80. The zero-order valence-electron chi connectivity index (χ0n) is 15.2. The Morgan fingerprint density at radius 1 is 1.17 bits per heavy atom. The lowest BCUT2D eigenvalue weighted by molar-refractivity contribution is -0.643. The van der Waals surface area contributed by atoms with E-state index in [-0.39, 0.29) is 23.0 Å². The number of carbonyl (C=O) groups is 2. The van der Waals surface area contributed by atoms with E-state index in [0.717, 1.165) is 14.0 Å². The molecule has 29 heavy (non-hydrogen) atoms. The highest BCUT2D eigenvalue weighted by Gasteiger charge is 2.45. The van der Waals surface area contributed by atoms with Crippen molar-refractivity contribution >= 4 is 34.6 Å². The lowest BCUT2D eigenvalue weighted by atomic mass is 10.1. The van der Waals surface area contributed by atoms with Gasteiger partial charge in [0.15, 0.2) is 0 Å². The molecule has 0 saturated carbocycles. The van der Waals surface area contributed by atoms with Crippen LogP contribution >= 0.6 is 11.6 Å². The third kappa shape index (κ3) is 4.11. The van der Waals surface area contributed by atoms with Crippen molar-refractivity contribution in [2.45, 2.75) is 12.5 Å². The SMILES string of the molecule is COC(=O)C(C)(Oc1ccc(Oc2nc3ccc(Cl)cc3[n+]([O-])n2)cc1)C(=O)O. The first-order valence-electron chi connectivity index (χ1n) is 8.09. The summed E-state index contributed by atoms with van der Waals surface area (Å²) < 4.78 is 15.2. The Labute approximate surface area is 168 Å². The summed E-state index contributed by atoms with van der Waals surface area (Å²) in [6.45, 7) is 1.08. The van der Waals surface area contributed by atoms with Crippen molar-refractivity contribution in [2.24, 2.45) is 0 Å². The summed E-state index contributed by atoms with van der Waals surface area (Å²) in [6.07, 6.45) is 0. The number of methoxy groups -OCH3 is 1. The van der Waals surface area contributed by atoms with E-state index in [4.69, 9.17) is 21.1 Å². The molecular weight excluding hydrogens is 406 g/mol. The lowest BCUT2D eigenvalue weighted by Crippen LogP contribution is -2.49. The van der Waals surface area contributed by atoms with Crippen molar-refractivity contribution in [1.29, 1.82) is 0 Å². The molecule has 0 fully saturated rings. The number of rotatable bonds is 6. The Hall–Kier alpha value is -3.66. The highest BCUT2D eigenvalue weighted by molar-refractivity contribution is 6.31. The first-order chi connectivity index (χ1) is 13.7. The predicted octanol–water partition coefficient (Wildman–Crippen LogP) is 2.10. The van der Waals surface area contributed by atoms with Gasteiger partial charge in [-0.1, -0.05) is 11.6 Å². The number of esters is 1. The van der Waals surface area contributed by atoms with Crippen LogP contribution in [0.4, 0.5) is 0 Å². The van der Waals surface area contributed by atoms with E-state index in [1.807, 2.05) is 0 Å². The molecule has 0 bridgehead atoms. The molecule has 1 N–H and O–H groups in total. The number of ether oxygens (including phenoxy) is 3. The van der Waals surface area contributed by atoms with Crippen LogP contribution in [0.2, 0.25) is 5.02 Å². The molecule has 1 heterocycles. The number of carboxylic acids is 1. The lowest BCUT2D eigenvalue weighted by Gasteiger charge is -2.23. The number of hydrogen-bond donors (Lipinski definition) is 1. The fraction of sp³-hybridized carbons (Fsp3) is 0.167. The number of carboxylic acid groups (broad SMARTS) is 1. The quantitative estimate of drug-likeness (QED) is 0.275. The van der Waals surface area contributed by atoms with Gasteiger partial charge in [0.25, 0.3) is 11.1 Å². The van der Waals surface area contributed by atoms with E-state index in [9.17, 15) is 19.9 Å². The van der Waals surface area contributed by atoms with Crippen molar-refractivity contribution in [3.63, 3.8) is 0 Å². The molecule has 150 valence electrons. The number of nitrogens with zero attached hydrogens (tertiary/aromatic N) is 3. The van der Waals surface area contributed by atoms with Gasteiger partial charge in [0, 0.05) is 11.1 Å². The Bertz CT molecular complexity index is 1090. The van der Waals surface area contributed by atoms with Gasteiger partial charge in [0.1, 0.15) is 17.0 Å². The van der Waals surface area contributed by atoms with Gasteiger partial charge >= 0.3 is 17.9 Å². The second-order valence-electron chi connectivity index (χ2n) is 5.91. The van der Waals surface area contributed by atoms with E-state index in [1.54, 1.807) is 12.1 Å². The Morgan fingerprint density at radius 2 is 1.83 bits per heavy atom. The van der Waals surface area contributed by atoms with Gasteiger partial charge in [-0.3, -0.25) is 0 Å². The molecule has 0 saturated heterocycles. The van der Waals surface area contributed by atoms with Gasteiger partial charge in [0.2, 0.25) is 0 Å². The number of halogens is 1. The first-order valence-corrected chi connectivity index (χ1v) is 8.46. The zero-order valence-corrected chi connectivity index (χ0v) is 15.9. The van der Waals surface area contributed by atoms with Crippen LogP contribution in [0.1, 0.15) is 6.92 Å². The fourth-order valence-electron chi connectivity index (χ4n) is 2.33. The number of carbonyl (C=O) groups excluding carboxylic acids is 1. The van der Waals surface area contributed by atoms with Crippen LogP contribution in [-0.2, 0) is 14.3 Å². The van der Waals surface area contributed by atoms with Crippen LogP contribution in [0.15, 0.2) is 42.5 Å². The van der Waals surface area contributed by atoms with E-state index < -0.39 is 17.5 Å². The van der Waals surface area contributed by atoms with Crippen molar-refractivity contribution in [3.05, 3.63) is 52.7 Å². The second kappa shape index (κ2) is 7.76. The third-order valence-electron chi connectivity index (χ3n) is 3.87. The molecule has 2 aromatic carbocycles. The van der Waals surface area contributed by atoms with Crippen molar-refractivity contribution in [1.82, 2.24) is 10.1 Å². The molecule has 1 atom stereocenters. The van der Waals surface area contributed by atoms with Crippen LogP contribution in [0.25, 0.3) is 11.0 Å². The van der Waals surface area contributed by atoms with Crippen molar-refractivity contribution in [2.75, 3.05) is 7.11 Å². The van der Waals surface area contributed by atoms with E-state index >= 15 is 0 Å². The molecule has 0 amide bonds. The normalized spacial score (nSPS) is 12.8. The zero-order chi connectivity index (χ0) is 21.2. The highest BCUT2D eigenvalue weighted by atomic mass is 35.5. The number of fused-ring (bicyclic) bond motifs is 1. The van der Waals surface area contributed by atoms with Gasteiger partial charge in [-0.15, -0.1) is 0 Å². The van der Waals surface area contributed by atoms with E-state index in [2.05, 4.69) is 14.8 Å². The highest BCUT2D eigenvalue weighted by Crippen LogP contribution is 2.25. The van der Waals surface area contributed by atoms with Crippen LogP contribution in [-0.4, -0.2) is 39.8 Å². The summed E-state index contributed by atoms with van der Waals surface area (Å²) in [5.74, 6) is -2.23. The van der Waals surface area contributed by atoms with Crippen LogP contribution < -0.4 is 14.3 Å². The number of aromatic nitrogens is 3. The van der Waals surface area contributed by atoms with Gasteiger partial charge in [-0.05, 0) is 48.2 Å². The largest absolute Gasteiger partial charge is 0.594 e. The molecule has 3 rings (SSSR count). The summed E-state index contributed by atoms with van der Waals surface area (Å²) in [7, 11) is 1.06. The molecule has 0 aliphatic heterocycles. The minimum atomic E-state index is -2.21. The fourth-order valence-corrected chi connectivity index (χ4v) is 2.50. The topological polar surface area (TPSA) is 135 Å². The minimum Gasteiger partial charge on any atom is -0.594 e.